The van der Waals surface area contributed by atoms with Gasteiger partial charge in [-0.05, 0) is 60.4 Å². The molecule has 4 nitrogen and oxygen atoms in total. The maximum Gasteiger partial charge on any atom is 0.314 e. The fourth-order valence-electron chi connectivity index (χ4n) is 4.47. The second-order valence-corrected chi connectivity index (χ2v) is 8.55. The largest absolute Gasteiger partial charge is 0.494 e. The third-order valence-electron chi connectivity index (χ3n) is 6.50. The molecule has 3 aromatic rings. The van der Waals surface area contributed by atoms with Crippen LogP contribution in [0.4, 0.5) is 17.6 Å². The zero-order valence-corrected chi connectivity index (χ0v) is 19.0. The van der Waals surface area contributed by atoms with Gasteiger partial charge in [0.1, 0.15) is 0 Å². The van der Waals surface area contributed by atoms with Gasteiger partial charge in [-0.1, -0.05) is 36.4 Å². The number of methoxy groups -OCH3 is 1. The van der Waals surface area contributed by atoms with Crippen molar-refractivity contribution in [1.82, 2.24) is 0 Å². The molecule has 1 fully saturated rings. The zero-order valence-electron chi connectivity index (χ0n) is 19.0. The van der Waals surface area contributed by atoms with E-state index in [9.17, 15) is 22.4 Å². The SMILES string of the molecule is COc1ccc(OC(=O)C2CCC(c3ccc(-c4ccc(CO)cc4)c(F)c3F)CC2)c(F)c1F. The maximum absolute atomic E-state index is 15.0. The Morgan fingerprint density at radius 3 is 2.09 bits per heavy atom. The maximum atomic E-state index is 15.0. The van der Waals surface area contributed by atoms with Gasteiger partial charge >= 0.3 is 5.97 Å². The summed E-state index contributed by atoms with van der Waals surface area (Å²) < 4.78 is 67.6. The van der Waals surface area contributed by atoms with Gasteiger partial charge in [0.25, 0.3) is 0 Å². The summed E-state index contributed by atoms with van der Waals surface area (Å²) >= 11 is 0. The molecule has 0 unspecified atom stereocenters. The van der Waals surface area contributed by atoms with Gasteiger partial charge in [0, 0.05) is 5.56 Å². The first-order chi connectivity index (χ1) is 16.8. The topological polar surface area (TPSA) is 55.8 Å². The molecule has 3 aromatic carbocycles. The number of ether oxygens (including phenoxy) is 2. The minimum Gasteiger partial charge on any atom is -0.494 e. The van der Waals surface area contributed by atoms with Crippen molar-refractivity contribution in [2.24, 2.45) is 5.92 Å². The number of rotatable bonds is 6. The van der Waals surface area contributed by atoms with Gasteiger partial charge in [0.2, 0.25) is 11.6 Å². The Morgan fingerprint density at radius 1 is 0.829 bits per heavy atom. The summed E-state index contributed by atoms with van der Waals surface area (Å²) in [6.07, 6.45) is 1.52. The van der Waals surface area contributed by atoms with Crippen LogP contribution < -0.4 is 9.47 Å². The lowest BCUT2D eigenvalue weighted by Crippen LogP contribution is -2.26. The van der Waals surface area contributed by atoms with E-state index in [1.165, 1.54) is 19.2 Å². The van der Waals surface area contributed by atoms with E-state index < -0.39 is 40.9 Å². The summed E-state index contributed by atoms with van der Waals surface area (Å²) in [6, 6.07) is 11.9. The number of hydrogen-bond acceptors (Lipinski definition) is 4. The number of carbonyl (C=O) groups is 1. The minimum absolute atomic E-state index is 0.127. The van der Waals surface area contributed by atoms with Crippen molar-refractivity contribution < 1.29 is 36.9 Å². The highest BCUT2D eigenvalue weighted by Crippen LogP contribution is 2.39. The van der Waals surface area contributed by atoms with E-state index in [1.807, 2.05) is 0 Å². The van der Waals surface area contributed by atoms with E-state index in [0.717, 1.165) is 6.07 Å². The Balaban J connectivity index is 1.42. The molecule has 1 saturated carbocycles. The van der Waals surface area contributed by atoms with E-state index in [4.69, 9.17) is 14.6 Å². The summed E-state index contributed by atoms with van der Waals surface area (Å²) in [5.74, 6) is -6.78. The van der Waals surface area contributed by atoms with Crippen LogP contribution >= 0.6 is 0 Å². The van der Waals surface area contributed by atoms with Crippen LogP contribution in [0.5, 0.6) is 11.5 Å². The fourth-order valence-corrected chi connectivity index (χ4v) is 4.47. The molecular formula is C27H24F4O4. The molecule has 4 rings (SSSR count). The Labute approximate surface area is 200 Å². The highest BCUT2D eigenvalue weighted by atomic mass is 19.2. The quantitative estimate of drug-likeness (QED) is 0.252. The predicted octanol–water partition coefficient (Wildman–Crippen LogP) is 6.29. The fraction of sp³-hybridized carbons (Fsp3) is 0.296. The normalized spacial score (nSPS) is 17.8. The van der Waals surface area contributed by atoms with Gasteiger partial charge in [0.15, 0.2) is 23.1 Å². The molecule has 0 amide bonds. The number of carbonyl (C=O) groups excluding carboxylic acids is 1. The van der Waals surface area contributed by atoms with Crippen molar-refractivity contribution in [2.45, 2.75) is 38.2 Å². The first kappa shape index (κ1) is 24.7. The van der Waals surface area contributed by atoms with Crippen LogP contribution in [0.2, 0.25) is 0 Å². The van der Waals surface area contributed by atoms with Crippen LogP contribution in [0, 0.1) is 29.2 Å². The van der Waals surface area contributed by atoms with E-state index in [1.54, 1.807) is 30.3 Å². The van der Waals surface area contributed by atoms with Gasteiger partial charge in [-0.25, -0.2) is 8.78 Å². The van der Waals surface area contributed by atoms with Gasteiger partial charge in [0.05, 0.1) is 19.6 Å². The molecule has 35 heavy (non-hydrogen) atoms. The van der Waals surface area contributed by atoms with Crippen molar-refractivity contribution in [3.63, 3.8) is 0 Å². The third-order valence-corrected chi connectivity index (χ3v) is 6.50. The molecule has 0 aromatic heterocycles. The third kappa shape index (κ3) is 5.03. The zero-order chi connectivity index (χ0) is 25.1. The summed E-state index contributed by atoms with van der Waals surface area (Å²) in [4.78, 5) is 12.5. The van der Waals surface area contributed by atoms with Crippen molar-refractivity contribution in [2.75, 3.05) is 7.11 Å². The number of aliphatic hydroxyl groups is 1. The molecule has 8 heteroatoms. The highest BCUT2D eigenvalue weighted by Gasteiger charge is 2.31. The average molecular weight is 488 g/mol. The first-order valence-corrected chi connectivity index (χ1v) is 11.3. The molecule has 1 N–H and O–H groups in total. The standard InChI is InChI=1S/C27H24F4O4/c1-34-21-12-13-22(26(31)25(21)30)35-27(33)18-8-6-17(7-9-18)20-11-10-19(23(28)24(20)29)16-4-2-15(14-32)3-5-16/h2-5,10-13,17-18,32H,6-9,14H2,1H3. The molecule has 0 atom stereocenters. The van der Waals surface area contributed by atoms with Gasteiger partial charge in [-0.2, -0.15) is 8.78 Å². The number of esters is 1. The first-order valence-electron chi connectivity index (χ1n) is 11.3. The Bertz CT molecular complexity index is 1220. The summed E-state index contributed by atoms with van der Waals surface area (Å²) in [5.41, 5.74) is 1.54. The van der Waals surface area contributed by atoms with Crippen molar-refractivity contribution in [3.05, 3.63) is 82.9 Å². The molecule has 1 aliphatic carbocycles. The van der Waals surface area contributed by atoms with Crippen LogP contribution in [0.15, 0.2) is 48.5 Å². The lowest BCUT2D eigenvalue weighted by molar-refractivity contribution is -0.140. The summed E-state index contributed by atoms with van der Waals surface area (Å²) in [6.45, 7) is -0.141. The van der Waals surface area contributed by atoms with Crippen LogP contribution in [0.3, 0.4) is 0 Å². The molecule has 0 saturated heterocycles. The summed E-state index contributed by atoms with van der Waals surface area (Å²) in [5, 5.41) is 9.15. The lowest BCUT2D eigenvalue weighted by Gasteiger charge is -2.28. The molecule has 0 bridgehead atoms. The molecule has 184 valence electrons. The van der Waals surface area contributed by atoms with Gasteiger partial charge in [-0.15, -0.1) is 0 Å². The minimum atomic E-state index is -1.31. The van der Waals surface area contributed by atoms with E-state index >= 15 is 0 Å². The molecular weight excluding hydrogens is 464 g/mol. The van der Waals surface area contributed by atoms with Crippen LogP contribution in [0.1, 0.15) is 42.7 Å². The van der Waals surface area contributed by atoms with Crippen molar-refractivity contribution >= 4 is 5.97 Å². The van der Waals surface area contributed by atoms with Gasteiger partial charge in [-0.3, -0.25) is 4.79 Å². The van der Waals surface area contributed by atoms with E-state index in [2.05, 4.69) is 0 Å². The Hall–Kier alpha value is -3.39. The van der Waals surface area contributed by atoms with Crippen LogP contribution in [0.25, 0.3) is 11.1 Å². The predicted molar refractivity (Wildman–Crippen MR) is 121 cm³/mol. The molecule has 0 radical (unpaired) electrons. The Morgan fingerprint density at radius 2 is 1.46 bits per heavy atom. The number of halogens is 4. The average Bonchev–Trinajstić information content (AvgIpc) is 2.88. The number of benzene rings is 3. The molecule has 1 aliphatic rings. The van der Waals surface area contributed by atoms with E-state index in [-0.39, 0.29) is 29.4 Å². The van der Waals surface area contributed by atoms with Gasteiger partial charge < -0.3 is 14.6 Å². The number of aliphatic hydroxyl groups excluding tert-OH is 1. The van der Waals surface area contributed by atoms with E-state index in [0.29, 0.717) is 36.8 Å². The second kappa shape index (κ2) is 10.5. The lowest BCUT2D eigenvalue weighted by atomic mass is 9.78. The van der Waals surface area contributed by atoms with Crippen molar-refractivity contribution in [3.8, 4) is 22.6 Å². The van der Waals surface area contributed by atoms with Crippen LogP contribution in [-0.2, 0) is 11.4 Å². The smallest absolute Gasteiger partial charge is 0.314 e. The highest BCUT2D eigenvalue weighted by molar-refractivity contribution is 5.75. The molecule has 0 aliphatic heterocycles. The molecule has 0 heterocycles. The number of hydrogen-bond donors (Lipinski definition) is 1. The monoisotopic (exact) mass is 488 g/mol. The van der Waals surface area contributed by atoms with Crippen molar-refractivity contribution in [1.29, 1.82) is 0 Å². The molecule has 0 spiro atoms. The summed E-state index contributed by atoms with van der Waals surface area (Å²) in [7, 11) is 1.19. The second-order valence-electron chi connectivity index (χ2n) is 8.55. The van der Waals surface area contributed by atoms with Crippen LogP contribution in [-0.4, -0.2) is 18.2 Å². The Kier molecular flexibility index (Phi) is 7.40.